The fourth-order valence-electron chi connectivity index (χ4n) is 4.27. The van der Waals surface area contributed by atoms with Gasteiger partial charge in [0.25, 0.3) is 0 Å². The fourth-order valence-corrected chi connectivity index (χ4v) is 5.86. The molecule has 0 bridgehead atoms. The molecule has 5 rings (SSSR count). The van der Waals surface area contributed by atoms with Crippen molar-refractivity contribution in [3.63, 3.8) is 0 Å². The Labute approximate surface area is 199 Å². The number of sulfone groups is 1. The molecule has 0 saturated heterocycles. The molecule has 7 heteroatoms. The maximum absolute atomic E-state index is 13.8. The molecule has 0 atom stereocenters. The van der Waals surface area contributed by atoms with E-state index in [1.165, 1.54) is 5.56 Å². The minimum absolute atomic E-state index is 0.0312. The van der Waals surface area contributed by atoms with E-state index in [-0.39, 0.29) is 15.6 Å². The molecule has 0 unspecified atom stereocenters. The Morgan fingerprint density at radius 2 is 1.53 bits per heavy atom. The van der Waals surface area contributed by atoms with Crippen LogP contribution in [0.5, 0.6) is 0 Å². The van der Waals surface area contributed by atoms with Gasteiger partial charge in [-0.15, -0.1) is 0 Å². The minimum Gasteiger partial charge on any atom is -0.384 e. The number of hydrogen-bond donors (Lipinski definition) is 1. The van der Waals surface area contributed by atoms with E-state index in [1.54, 1.807) is 16.7 Å². The topological polar surface area (TPSA) is 90.9 Å². The number of para-hydroxylation sites is 2. The summed E-state index contributed by atoms with van der Waals surface area (Å²) in [6.45, 7) is 4.39. The van der Waals surface area contributed by atoms with Crippen LogP contribution in [0.2, 0.25) is 0 Å². The number of nitrogen functional groups attached to an aromatic ring is 1. The molecule has 0 aliphatic heterocycles. The predicted octanol–water partition coefficient (Wildman–Crippen LogP) is 5.25. The molecule has 2 N–H and O–H groups in total. The number of nitrogens with two attached hydrogens (primary N) is 1. The molecule has 5 aromatic rings. The van der Waals surface area contributed by atoms with Crippen molar-refractivity contribution in [3.8, 4) is 0 Å². The first kappa shape index (κ1) is 22.1. The van der Waals surface area contributed by atoms with Crippen LogP contribution in [-0.2, 0) is 22.8 Å². The van der Waals surface area contributed by atoms with E-state index in [9.17, 15) is 8.42 Å². The number of benzene rings is 3. The van der Waals surface area contributed by atoms with Crippen molar-refractivity contribution in [2.24, 2.45) is 0 Å². The fraction of sp³-hybridized carbons (Fsp3) is 0.185. The maximum Gasteiger partial charge on any atom is 0.212 e. The Morgan fingerprint density at radius 3 is 2.24 bits per heavy atom. The van der Waals surface area contributed by atoms with Gasteiger partial charge in [-0.3, -0.25) is 0 Å². The average Bonchev–Trinajstić information content (AvgIpc) is 3.10. The number of aryl methyl sites for hydroxylation is 4. The largest absolute Gasteiger partial charge is 0.384 e. The SMILES string of the molecule is Cc1ccc(S(=O)(=O)c2c(N)n(CCCc3ccccc3)c3nc4ccccc4nc23)cc1C. The number of nitrogens with zero attached hydrogens (tertiary/aromatic N) is 3. The third-order valence-electron chi connectivity index (χ3n) is 6.29. The molecule has 2 heterocycles. The van der Waals surface area contributed by atoms with E-state index in [2.05, 4.69) is 12.1 Å². The van der Waals surface area contributed by atoms with Gasteiger partial charge in [-0.2, -0.15) is 0 Å². The van der Waals surface area contributed by atoms with Crippen molar-refractivity contribution < 1.29 is 8.42 Å². The van der Waals surface area contributed by atoms with Crippen LogP contribution in [0.15, 0.2) is 82.6 Å². The molecule has 6 nitrogen and oxygen atoms in total. The van der Waals surface area contributed by atoms with Gasteiger partial charge in [0, 0.05) is 6.54 Å². The summed E-state index contributed by atoms with van der Waals surface area (Å²) in [6.07, 6.45) is 1.63. The highest BCUT2D eigenvalue weighted by molar-refractivity contribution is 7.92. The summed E-state index contributed by atoms with van der Waals surface area (Å²) < 4.78 is 29.4. The zero-order chi connectivity index (χ0) is 23.9. The number of rotatable bonds is 6. The Kier molecular flexibility index (Phi) is 5.57. The zero-order valence-corrected chi connectivity index (χ0v) is 20.0. The van der Waals surface area contributed by atoms with Gasteiger partial charge in [0.15, 0.2) is 5.65 Å². The van der Waals surface area contributed by atoms with Crippen LogP contribution in [0.4, 0.5) is 5.82 Å². The highest BCUT2D eigenvalue weighted by Crippen LogP contribution is 2.36. The van der Waals surface area contributed by atoms with Crippen molar-refractivity contribution in [2.75, 3.05) is 5.73 Å². The average molecular weight is 471 g/mol. The molecule has 0 amide bonds. The van der Waals surface area contributed by atoms with Gasteiger partial charge in [-0.25, -0.2) is 18.4 Å². The van der Waals surface area contributed by atoms with E-state index in [0.29, 0.717) is 28.7 Å². The van der Waals surface area contributed by atoms with Crippen LogP contribution in [-0.4, -0.2) is 23.0 Å². The monoisotopic (exact) mass is 470 g/mol. The number of hydrogen-bond acceptors (Lipinski definition) is 5. The normalized spacial score (nSPS) is 11.9. The summed E-state index contributed by atoms with van der Waals surface area (Å²) in [5.41, 5.74) is 11.8. The number of fused-ring (bicyclic) bond motifs is 2. The Bertz CT molecular complexity index is 1620. The highest BCUT2D eigenvalue weighted by atomic mass is 32.2. The van der Waals surface area contributed by atoms with Gasteiger partial charge in [-0.05, 0) is 67.6 Å². The molecule has 3 aromatic carbocycles. The Hall–Kier alpha value is -3.71. The quantitative estimate of drug-likeness (QED) is 0.366. The molecule has 0 aliphatic carbocycles. The Morgan fingerprint density at radius 1 is 0.853 bits per heavy atom. The second-order valence-electron chi connectivity index (χ2n) is 8.59. The van der Waals surface area contributed by atoms with Gasteiger partial charge in [0.2, 0.25) is 9.84 Å². The van der Waals surface area contributed by atoms with Gasteiger partial charge in [-0.1, -0.05) is 48.5 Å². The van der Waals surface area contributed by atoms with Crippen molar-refractivity contribution in [1.29, 1.82) is 0 Å². The van der Waals surface area contributed by atoms with E-state index >= 15 is 0 Å². The lowest BCUT2D eigenvalue weighted by atomic mass is 10.1. The zero-order valence-electron chi connectivity index (χ0n) is 19.2. The van der Waals surface area contributed by atoms with E-state index in [1.807, 2.05) is 62.4 Å². The van der Waals surface area contributed by atoms with Crippen molar-refractivity contribution in [3.05, 3.63) is 89.5 Å². The second-order valence-corrected chi connectivity index (χ2v) is 10.5. The van der Waals surface area contributed by atoms with Crippen LogP contribution in [0.1, 0.15) is 23.1 Å². The number of aromatic nitrogens is 3. The Balaban J connectivity index is 1.67. The van der Waals surface area contributed by atoms with Crippen molar-refractivity contribution in [2.45, 2.75) is 43.0 Å². The summed E-state index contributed by atoms with van der Waals surface area (Å²) in [5, 5.41) is 0. The summed E-state index contributed by atoms with van der Waals surface area (Å²) in [6, 6.07) is 22.8. The van der Waals surface area contributed by atoms with Gasteiger partial charge < -0.3 is 10.3 Å². The first-order valence-electron chi connectivity index (χ1n) is 11.3. The molecule has 34 heavy (non-hydrogen) atoms. The molecule has 0 aliphatic rings. The van der Waals surface area contributed by atoms with Crippen LogP contribution < -0.4 is 5.73 Å². The first-order chi connectivity index (χ1) is 16.4. The van der Waals surface area contributed by atoms with Crippen LogP contribution in [0, 0.1) is 13.8 Å². The lowest BCUT2D eigenvalue weighted by Gasteiger charge is -2.09. The van der Waals surface area contributed by atoms with Gasteiger partial charge in [0.1, 0.15) is 16.2 Å². The highest BCUT2D eigenvalue weighted by Gasteiger charge is 2.30. The van der Waals surface area contributed by atoms with Crippen LogP contribution in [0.25, 0.3) is 22.2 Å². The van der Waals surface area contributed by atoms with Crippen molar-refractivity contribution >= 4 is 37.9 Å². The molecule has 0 radical (unpaired) electrons. The van der Waals surface area contributed by atoms with Gasteiger partial charge in [0.05, 0.1) is 15.9 Å². The summed E-state index contributed by atoms with van der Waals surface area (Å²) in [4.78, 5) is 9.73. The summed E-state index contributed by atoms with van der Waals surface area (Å²) in [5.74, 6) is 0.177. The van der Waals surface area contributed by atoms with E-state index < -0.39 is 9.84 Å². The minimum atomic E-state index is -3.91. The summed E-state index contributed by atoms with van der Waals surface area (Å²) in [7, 11) is -3.91. The standard InChI is InChI=1S/C27H26N4O2S/c1-18-14-15-21(17-19(18)2)34(32,33)25-24-27(30-23-13-7-6-12-22(23)29-24)31(26(25)28)16-8-11-20-9-4-3-5-10-20/h3-7,9-10,12-15,17H,8,11,16,28H2,1-2H3. The van der Waals surface area contributed by atoms with Gasteiger partial charge >= 0.3 is 0 Å². The number of anilines is 1. The molecule has 0 spiro atoms. The second kappa shape index (κ2) is 8.57. The third-order valence-corrected chi connectivity index (χ3v) is 8.11. The van der Waals surface area contributed by atoms with Crippen LogP contribution >= 0.6 is 0 Å². The molecule has 2 aromatic heterocycles. The van der Waals surface area contributed by atoms with Crippen LogP contribution in [0.3, 0.4) is 0 Å². The molecule has 172 valence electrons. The third kappa shape index (κ3) is 3.82. The first-order valence-corrected chi connectivity index (χ1v) is 12.8. The smallest absolute Gasteiger partial charge is 0.212 e. The summed E-state index contributed by atoms with van der Waals surface area (Å²) >= 11 is 0. The molecular formula is C27H26N4O2S. The van der Waals surface area contributed by atoms with E-state index in [4.69, 9.17) is 15.7 Å². The lowest BCUT2D eigenvalue weighted by Crippen LogP contribution is -2.09. The van der Waals surface area contributed by atoms with Crippen molar-refractivity contribution in [1.82, 2.24) is 14.5 Å². The molecule has 0 saturated carbocycles. The molecular weight excluding hydrogens is 444 g/mol. The molecule has 0 fully saturated rings. The predicted molar refractivity (Wildman–Crippen MR) is 136 cm³/mol. The maximum atomic E-state index is 13.8. The van der Waals surface area contributed by atoms with E-state index in [0.717, 1.165) is 24.0 Å². The lowest BCUT2D eigenvalue weighted by molar-refractivity contribution is 0.596.